The summed E-state index contributed by atoms with van der Waals surface area (Å²) in [5, 5.41) is 0. The van der Waals surface area contributed by atoms with E-state index in [0.29, 0.717) is 6.04 Å². The number of hydrogen-bond donors (Lipinski definition) is 1. The van der Waals surface area contributed by atoms with E-state index in [1.807, 2.05) is 0 Å². The van der Waals surface area contributed by atoms with E-state index in [1.165, 1.54) is 90.3 Å². The molecule has 2 nitrogen and oxygen atoms in total. The van der Waals surface area contributed by atoms with Crippen molar-refractivity contribution >= 4 is 0 Å². The number of hydrogen-bond acceptors (Lipinski definition) is 2. The summed E-state index contributed by atoms with van der Waals surface area (Å²) in [6, 6.07) is 0.476. The lowest BCUT2D eigenvalue weighted by atomic mass is 10.0. The predicted octanol–water partition coefficient (Wildman–Crippen LogP) is 3.94. The van der Waals surface area contributed by atoms with Gasteiger partial charge >= 0.3 is 0 Å². The molecular weight excluding hydrogens is 220 g/mol. The van der Waals surface area contributed by atoms with Crippen molar-refractivity contribution < 1.29 is 0 Å². The van der Waals surface area contributed by atoms with E-state index in [4.69, 9.17) is 5.73 Å². The standard InChI is InChI=1S/C16H34N2/c1-2-3-4-5-6-7-8-9-10-13-18-14-11-16(17)12-15-18/h16H,2-15,17H2,1H3. The molecule has 18 heavy (non-hydrogen) atoms. The Morgan fingerprint density at radius 3 is 1.89 bits per heavy atom. The average molecular weight is 254 g/mol. The van der Waals surface area contributed by atoms with Gasteiger partial charge in [-0.3, -0.25) is 0 Å². The molecule has 0 aromatic rings. The number of likely N-dealkylation sites (tertiary alicyclic amines) is 1. The minimum atomic E-state index is 0.476. The highest BCUT2D eigenvalue weighted by Gasteiger charge is 2.14. The molecule has 1 saturated heterocycles. The first-order valence-electron chi connectivity index (χ1n) is 8.31. The molecule has 2 N–H and O–H groups in total. The molecular formula is C16H34N2. The first-order chi connectivity index (χ1) is 8.83. The SMILES string of the molecule is CCCCCCCCCCCN1CCC(N)CC1. The van der Waals surface area contributed by atoms with E-state index in [9.17, 15) is 0 Å². The van der Waals surface area contributed by atoms with Crippen LogP contribution in [-0.2, 0) is 0 Å². The van der Waals surface area contributed by atoms with E-state index >= 15 is 0 Å². The second kappa shape index (κ2) is 10.8. The molecule has 0 unspecified atom stereocenters. The highest BCUT2D eigenvalue weighted by Crippen LogP contribution is 2.12. The zero-order valence-electron chi connectivity index (χ0n) is 12.5. The second-order valence-electron chi connectivity index (χ2n) is 6.01. The van der Waals surface area contributed by atoms with Crippen LogP contribution in [0.4, 0.5) is 0 Å². The van der Waals surface area contributed by atoms with Gasteiger partial charge in [0.05, 0.1) is 0 Å². The van der Waals surface area contributed by atoms with Crippen molar-refractivity contribution in [2.24, 2.45) is 5.73 Å². The fourth-order valence-electron chi connectivity index (χ4n) is 2.82. The summed E-state index contributed by atoms with van der Waals surface area (Å²) in [5.74, 6) is 0. The molecule has 0 saturated carbocycles. The predicted molar refractivity (Wildman–Crippen MR) is 80.9 cm³/mol. The van der Waals surface area contributed by atoms with Gasteiger partial charge in [-0.25, -0.2) is 0 Å². The molecule has 1 fully saturated rings. The van der Waals surface area contributed by atoms with Crippen LogP contribution in [0.1, 0.15) is 77.6 Å². The topological polar surface area (TPSA) is 29.3 Å². The molecule has 0 bridgehead atoms. The lowest BCUT2D eigenvalue weighted by Crippen LogP contribution is -2.39. The maximum absolute atomic E-state index is 5.91. The van der Waals surface area contributed by atoms with Crippen molar-refractivity contribution in [1.82, 2.24) is 4.90 Å². The van der Waals surface area contributed by atoms with Crippen LogP contribution in [0.3, 0.4) is 0 Å². The van der Waals surface area contributed by atoms with Crippen LogP contribution in [0, 0.1) is 0 Å². The molecule has 0 spiro atoms. The molecule has 1 heterocycles. The van der Waals surface area contributed by atoms with Gasteiger partial charge in [0.15, 0.2) is 0 Å². The summed E-state index contributed by atoms with van der Waals surface area (Å²) in [6.07, 6.45) is 15.3. The lowest BCUT2D eigenvalue weighted by molar-refractivity contribution is 0.209. The number of unbranched alkanes of at least 4 members (excludes halogenated alkanes) is 8. The van der Waals surface area contributed by atoms with Crippen molar-refractivity contribution in [3.63, 3.8) is 0 Å². The number of rotatable bonds is 10. The Kier molecular flexibility index (Phi) is 9.59. The van der Waals surface area contributed by atoms with Crippen LogP contribution < -0.4 is 5.73 Å². The zero-order valence-corrected chi connectivity index (χ0v) is 12.5. The van der Waals surface area contributed by atoms with Gasteiger partial charge in [-0.1, -0.05) is 58.3 Å². The van der Waals surface area contributed by atoms with Crippen LogP contribution in [0.15, 0.2) is 0 Å². The molecule has 2 heteroatoms. The van der Waals surface area contributed by atoms with Crippen molar-refractivity contribution in [2.75, 3.05) is 19.6 Å². The lowest BCUT2D eigenvalue weighted by Gasteiger charge is -2.29. The van der Waals surface area contributed by atoms with Gasteiger partial charge in [0.25, 0.3) is 0 Å². The third-order valence-corrected chi connectivity index (χ3v) is 4.21. The minimum Gasteiger partial charge on any atom is -0.328 e. The van der Waals surface area contributed by atoms with E-state index < -0.39 is 0 Å². The molecule has 0 aromatic heterocycles. The average Bonchev–Trinajstić information content (AvgIpc) is 2.39. The highest BCUT2D eigenvalue weighted by molar-refractivity contribution is 4.73. The smallest absolute Gasteiger partial charge is 0.00631 e. The molecule has 0 aromatic carbocycles. The summed E-state index contributed by atoms with van der Waals surface area (Å²) >= 11 is 0. The van der Waals surface area contributed by atoms with Crippen molar-refractivity contribution in [3.8, 4) is 0 Å². The molecule has 1 aliphatic heterocycles. The Hall–Kier alpha value is -0.0800. The Labute approximate surface area is 114 Å². The first-order valence-corrected chi connectivity index (χ1v) is 8.31. The maximum atomic E-state index is 5.91. The van der Waals surface area contributed by atoms with Gasteiger partial charge in [0.1, 0.15) is 0 Å². The highest BCUT2D eigenvalue weighted by atomic mass is 15.1. The van der Waals surface area contributed by atoms with E-state index in [1.54, 1.807) is 0 Å². The number of nitrogens with two attached hydrogens (primary N) is 1. The fourth-order valence-corrected chi connectivity index (χ4v) is 2.82. The van der Waals surface area contributed by atoms with Crippen LogP contribution in [0.2, 0.25) is 0 Å². The van der Waals surface area contributed by atoms with Gasteiger partial charge < -0.3 is 10.6 Å². The minimum absolute atomic E-state index is 0.476. The summed E-state index contributed by atoms with van der Waals surface area (Å²) in [6.45, 7) is 6.06. The second-order valence-corrected chi connectivity index (χ2v) is 6.01. The fraction of sp³-hybridized carbons (Fsp3) is 1.00. The third-order valence-electron chi connectivity index (χ3n) is 4.21. The van der Waals surface area contributed by atoms with Gasteiger partial charge in [-0.15, -0.1) is 0 Å². The summed E-state index contributed by atoms with van der Waals surface area (Å²) < 4.78 is 0. The molecule has 0 amide bonds. The Morgan fingerprint density at radius 2 is 1.33 bits per heavy atom. The maximum Gasteiger partial charge on any atom is 0.00631 e. The van der Waals surface area contributed by atoms with Gasteiger partial charge in [-0.05, 0) is 38.9 Å². The summed E-state index contributed by atoms with van der Waals surface area (Å²) in [7, 11) is 0. The van der Waals surface area contributed by atoms with Gasteiger partial charge in [0.2, 0.25) is 0 Å². The summed E-state index contributed by atoms with van der Waals surface area (Å²) in [4.78, 5) is 2.60. The molecule has 0 aliphatic carbocycles. The molecule has 1 rings (SSSR count). The van der Waals surface area contributed by atoms with E-state index in [0.717, 1.165) is 0 Å². The van der Waals surface area contributed by atoms with Gasteiger partial charge in [-0.2, -0.15) is 0 Å². The van der Waals surface area contributed by atoms with Crippen molar-refractivity contribution in [1.29, 1.82) is 0 Å². The monoisotopic (exact) mass is 254 g/mol. The van der Waals surface area contributed by atoms with E-state index in [2.05, 4.69) is 11.8 Å². The Bertz CT molecular complexity index is 174. The third kappa shape index (κ3) is 8.10. The normalized spacial score (nSPS) is 18.3. The van der Waals surface area contributed by atoms with Crippen molar-refractivity contribution in [3.05, 3.63) is 0 Å². The quantitative estimate of drug-likeness (QED) is 0.598. The van der Waals surface area contributed by atoms with Crippen LogP contribution >= 0.6 is 0 Å². The zero-order chi connectivity index (χ0) is 13.1. The van der Waals surface area contributed by atoms with Crippen LogP contribution in [-0.4, -0.2) is 30.6 Å². The Morgan fingerprint density at radius 1 is 0.833 bits per heavy atom. The first kappa shape index (κ1) is 16.0. The number of nitrogens with zero attached hydrogens (tertiary/aromatic N) is 1. The summed E-state index contributed by atoms with van der Waals surface area (Å²) in [5.41, 5.74) is 5.91. The molecule has 108 valence electrons. The Balaban J connectivity index is 1.78. The largest absolute Gasteiger partial charge is 0.328 e. The van der Waals surface area contributed by atoms with Gasteiger partial charge in [0, 0.05) is 6.04 Å². The molecule has 0 atom stereocenters. The van der Waals surface area contributed by atoms with Crippen LogP contribution in [0.25, 0.3) is 0 Å². The molecule has 1 aliphatic rings. The molecule has 0 radical (unpaired) electrons. The van der Waals surface area contributed by atoms with Crippen molar-refractivity contribution in [2.45, 2.75) is 83.6 Å². The van der Waals surface area contributed by atoms with E-state index in [-0.39, 0.29) is 0 Å². The van der Waals surface area contributed by atoms with Crippen LogP contribution in [0.5, 0.6) is 0 Å². The number of piperidine rings is 1.